The summed E-state index contributed by atoms with van der Waals surface area (Å²) < 4.78 is 5.31. The lowest BCUT2D eigenvalue weighted by atomic mass is 10.2. The number of halogens is 2. The lowest BCUT2D eigenvalue weighted by molar-refractivity contribution is 0.0383. The van der Waals surface area contributed by atoms with Crippen LogP contribution >= 0.6 is 23.2 Å². The quantitative estimate of drug-likeness (QED) is 0.787. The molecule has 0 bridgehead atoms. The van der Waals surface area contributed by atoms with Crippen LogP contribution in [0.2, 0.25) is 10.0 Å². The zero-order valence-corrected chi connectivity index (χ0v) is 15.7. The molecule has 2 aromatic rings. The van der Waals surface area contributed by atoms with Crippen LogP contribution in [0.4, 0.5) is 11.4 Å². The maximum absolute atomic E-state index is 12.3. The van der Waals surface area contributed by atoms with Crippen molar-refractivity contribution in [1.82, 2.24) is 15.2 Å². The molecule has 1 aromatic carbocycles. The molecule has 3 rings (SSSR count). The van der Waals surface area contributed by atoms with Crippen molar-refractivity contribution in [3.63, 3.8) is 0 Å². The van der Waals surface area contributed by atoms with Crippen molar-refractivity contribution in [1.29, 1.82) is 0 Å². The second kappa shape index (κ2) is 9.19. The number of morpholine rings is 1. The number of carbonyl (C=O) groups excluding carboxylic acids is 1. The molecule has 1 aromatic heterocycles. The number of carbonyl (C=O) groups is 1. The predicted molar refractivity (Wildman–Crippen MR) is 104 cm³/mol. The Kier molecular flexibility index (Phi) is 6.68. The minimum absolute atomic E-state index is 0.161. The van der Waals surface area contributed by atoms with E-state index in [1.54, 1.807) is 30.5 Å². The second-order valence-corrected chi connectivity index (χ2v) is 6.77. The van der Waals surface area contributed by atoms with Gasteiger partial charge in [0.05, 0.1) is 41.4 Å². The monoisotopic (exact) mass is 394 g/mol. The molecule has 1 aliphatic heterocycles. The van der Waals surface area contributed by atoms with Gasteiger partial charge in [-0.2, -0.15) is 0 Å². The molecule has 0 spiro atoms. The third kappa shape index (κ3) is 5.32. The largest absolute Gasteiger partial charge is 0.379 e. The number of rotatable bonds is 6. The summed E-state index contributed by atoms with van der Waals surface area (Å²) in [5.41, 5.74) is 1.80. The third-order valence-corrected chi connectivity index (χ3v) is 4.59. The molecule has 2 N–H and O–H groups in total. The summed E-state index contributed by atoms with van der Waals surface area (Å²) >= 11 is 12.2. The molecule has 0 aliphatic carbocycles. The molecule has 6 nitrogen and oxygen atoms in total. The van der Waals surface area contributed by atoms with E-state index in [2.05, 4.69) is 20.5 Å². The highest BCUT2D eigenvalue weighted by atomic mass is 35.5. The SMILES string of the molecule is O=C(NCCN1CCOCC1)c1cncc(Nc2cc(Cl)ccc2Cl)c1. The number of benzene rings is 1. The number of nitrogens with one attached hydrogen (secondary N) is 2. The van der Waals surface area contributed by atoms with Crippen LogP contribution in [-0.2, 0) is 4.74 Å². The highest BCUT2D eigenvalue weighted by Crippen LogP contribution is 2.28. The van der Waals surface area contributed by atoms with Gasteiger partial charge in [-0.25, -0.2) is 0 Å². The van der Waals surface area contributed by atoms with Crippen molar-refractivity contribution in [2.24, 2.45) is 0 Å². The summed E-state index contributed by atoms with van der Waals surface area (Å²) in [6, 6.07) is 6.88. The van der Waals surface area contributed by atoms with Crippen molar-refractivity contribution in [2.45, 2.75) is 0 Å². The van der Waals surface area contributed by atoms with E-state index in [0.29, 0.717) is 33.5 Å². The zero-order chi connectivity index (χ0) is 18.4. The van der Waals surface area contributed by atoms with Gasteiger partial charge >= 0.3 is 0 Å². The summed E-state index contributed by atoms with van der Waals surface area (Å²) in [7, 11) is 0. The van der Waals surface area contributed by atoms with E-state index in [0.717, 1.165) is 32.8 Å². The maximum atomic E-state index is 12.3. The van der Waals surface area contributed by atoms with Crippen LogP contribution in [-0.4, -0.2) is 55.2 Å². The fourth-order valence-electron chi connectivity index (χ4n) is 2.64. The first-order valence-corrected chi connectivity index (χ1v) is 9.13. The normalized spacial score (nSPS) is 14.8. The predicted octanol–water partition coefficient (Wildman–Crippen LogP) is 3.19. The standard InChI is InChI=1S/C18H20Cl2N4O2/c19-14-1-2-16(20)17(10-14)23-15-9-13(11-21-12-15)18(25)22-3-4-24-5-7-26-8-6-24/h1-2,9-12,23H,3-8H2,(H,22,25). The first-order valence-electron chi connectivity index (χ1n) is 8.37. The van der Waals surface area contributed by atoms with Crippen molar-refractivity contribution in [2.75, 3.05) is 44.7 Å². The maximum Gasteiger partial charge on any atom is 0.252 e. The van der Waals surface area contributed by atoms with E-state index in [1.165, 1.54) is 6.20 Å². The molecule has 0 radical (unpaired) electrons. The minimum atomic E-state index is -0.161. The van der Waals surface area contributed by atoms with E-state index in [1.807, 2.05) is 0 Å². The molecular weight excluding hydrogens is 375 g/mol. The number of ether oxygens (including phenoxy) is 1. The van der Waals surface area contributed by atoms with Gasteiger partial charge in [-0.3, -0.25) is 14.7 Å². The molecule has 0 unspecified atom stereocenters. The Morgan fingerprint density at radius 3 is 2.81 bits per heavy atom. The van der Waals surface area contributed by atoms with Crippen LogP contribution in [0.3, 0.4) is 0 Å². The van der Waals surface area contributed by atoms with Crippen LogP contribution in [0.15, 0.2) is 36.7 Å². The summed E-state index contributed by atoms with van der Waals surface area (Å²) in [6.07, 6.45) is 3.16. The van der Waals surface area contributed by atoms with Gasteiger partial charge in [-0.1, -0.05) is 23.2 Å². The molecule has 26 heavy (non-hydrogen) atoms. The number of pyridine rings is 1. The average molecular weight is 395 g/mol. The molecule has 1 aliphatic rings. The van der Waals surface area contributed by atoms with Crippen molar-refractivity contribution in [3.8, 4) is 0 Å². The van der Waals surface area contributed by atoms with Crippen LogP contribution in [0.5, 0.6) is 0 Å². The van der Waals surface area contributed by atoms with E-state index in [4.69, 9.17) is 27.9 Å². The number of aromatic nitrogens is 1. The first kappa shape index (κ1) is 18.9. The first-order chi connectivity index (χ1) is 12.6. The second-order valence-electron chi connectivity index (χ2n) is 5.92. The molecule has 1 saturated heterocycles. The molecular formula is C18H20Cl2N4O2. The minimum Gasteiger partial charge on any atom is -0.379 e. The fourth-order valence-corrected chi connectivity index (χ4v) is 2.97. The molecule has 138 valence electrons. The lowest BCUT2D eigenvalue weighted by Gasteiger charge is -2.26. The molecule has 8 heteroatoms. The Morgan fingerprint density at radius 2 is 2.00 bits per heavy atom. The molecule has 0 atom stereocenters. The van der Waals surface area contributed by atoms with Crippen LogP contribution in [0, 0.1) is 0 Å². The zero-order valence-electron chi connectivity index (χ0n) is 14.2. The van der Waals surface area contributed by atoms with Crippen molar-refractivity contribution < 1.29 is 9.53 Å². The molecule has 0 saturated carbocycles. The highest BCUT2D eigenvalue weighted by molar-refractivity contribution is 6.35. The third-order valence-electron chi connectivity index (χ3n) is 4.03. The number of hydrogen-bond acceptors (Lipinski definition) is 5. The van der Waals surface area contributed by atoms with E-state index in [9.17, 15) is 4.79 Å². The van der Waals surface area contributed by atoms with Gasteiger partial charge in [0.25, 0.3) is 5.91 Å². The Hall–Kier alpha value is -1.86. The molecule has 1 amide bonds. The Morgan fingerprint density at radius 1 is 1.19 bits per heavy atom. The summed E-state index contributed by atoms with van der Waals surface area (Å²) in [4.78, 5) is 18.7. The van der Waals surface area contributed by atoms with Crippen LogP contribution < -0.4 is 10.6 Å². The topological polar surface area (TPSA) is 66.5 Å². The Bertz CT molecular complexity index is 767. The summed E-state index contributed by atoms with van der Waals surface area (Å²) in [5, 5.41) is 7.16. The molecule has 1 fully saturated rings. The van der Waals surface area contributed by atoms with E-state index in [-0.39, 0.29) is 5.91 Å². The number of anilines is 2. The average Bonchev–Trinajstić information content (AvgIpc) is 2.66. The lowest BCUT2D eigenvalue weighted by Crippen LogP contribution is -2.41. The smallest absolute Gasteiger partial charge is 0.252 e. The van der Waals surface area contributed by atoms with Crippen LogP contribution in [0.25, 0.3) is 0 Å². The number of amides is 1. The number of hydrogen-bond donors (Lipinski definition) is 2. The van der Waals surface area contributed by atoms with E-state index < -0.39 is 0 Å². The van der Waals surface area contributed by atoms with Crippen molar-refractivity contribution in [3.05, 3.63) is 52.3 Å². The van der Waals surface area contributed by atoms with E-state index >= 15 is 0 Å². The fraction of sp³-hybridized carbons (Fsp3) is 0.333. The van der Waals surface area contributed by atoms with Gasteiger partial charge in [-0.05, 0) is 24.3 Å². The van der Waals surface area contributed by atoms with Gasteiger partial charge in [-0.15, -0.1) is 0 Å². The van der Waals surface area contributed by atoms with Gasteiger partial charge in [0.1, 0.15) is 0 Å². The van der Waals surface area contributed by atoms with Gasteiger partial charge in [0.15, 0.2) is 0 Å². The summed E-state index contributed by atoms with van der Waals surface area (Å²) in [5.74, 6) is -0.161. The van der Waals surface area contributed by atoms with Gasteiger partial charge in [0.2, 0.25) is 0 Å². The summed E-state index contributed by atoms with van der Waals surface area (Å²) in [6.45, 7) is 4.68. The Balaban J connectivity index is 1.57. The van der Waals surface area contributed by atoms with Crippen LogP contribution in [0.1, 0.15) is 10.4 Å². The van der Waals surface area contributed by atoms with Gasteiger partial charge in [0, 0.05) is 37.4 Å². The highest BCUT2D eigenvalue weighted by Gasteiger charge is 2.12. The molecule has 2 heterocycles. The number of nitrogens with zero attached hydrogens (tertiary/aromatic N) is 2. The van der Waals surface area contributed by atoms with Crippen molar-refractivity contribution >= 4 is 40.5 Å². The Labute approximate surface area is 162 Å². The van der Waals surface area contributed by atoms with Gasteiger partial charge < -0.3 is 15.4 Å².